The summed E-state index contributed by atoms with van der Waals surface area (Å²) < 4.78 is 88.5. The molecule has 0 radical (unpaired) electrons. The summed E-state index contributed by atoms with van der Waals surface area (Å²) in [5.74, 6) is -1.67. The van der Waals surface area contributed by atoms with E-state index < -0.39 is 184 Å². The van der Waals surface area contributed by atoms with E-state index in [1.165, 1.54) is 67.6 Å². The Balaban J connectivity index is 1.07. The molecule has 3 saturated heterocycles. The fraction of sp³-hybridized carbons (Fsp3) is 0.893. The van der Waals surface area contributed by atoms with Gasteiger partial charge in [-0.2, -0.15) is 0 Å². The minimum Gasteiger partial charge on any atom is -0.395 e. The van der Waals surface area contributed by atoms with Crippen LogP contribution in [0.5, 0.6) is 0 Å². The van der Waals surface area contributed by atoms with Gasteiger partial charge < -0.3 is 141 Å². The largest absolute Gasteiger partial charge is 0.472 e. The Kier molecular flexibility index (Phi) is 57.3. The molecular formula is C84H153N9O34P2. The number of nitrogens with one attached hydrogen (secondary N) is 6. The molecular weight excluding hydrogens is 1740 g/mol. The van der Waals surface area contributed by atoms with Crippen LogP contribution in [0.1, 0.15) is 233 Å². The number of aliphatic hydroxyl groups is 10. The van der Waals surface area contributed by atoms with Gasteiger partial charge in [-0.1, -0.05) is 77.0 Å². The molecule has 129 heavy (non-hydrogen) atoms. The first-order valence-electron chi connectivity index (χ1n) is 46.4. The monoisotopic (exact) mass is 1890 g/mol. The van der Waals surface area contributed by atoms with Gasteiger partial charge in [0.25, 0.3) is 0 Å². The molecule has 19 atom stereocenters. The maximum Gasteiger partial charge on any atom is 0.472 e. The molecule has 0 bridgehead atoms. The Morgan fingerprint density at radius 2 is 0.628 bits per heavy atom. The Hall–Kier alpha value is -5.23. The smallest absolute Gasteiger partial charge is 0.395 e. The van der Waals surface area contributed by atoms with E-state index in [1.807, 2.05) is 0 Å². The van der Waals surface area contributed by atoms with Crippen LogP contribution in [0.4, 0.5) is 0 Å². The number of carbonyl (C=O) groups is 9. The molecule has 3 aliphatic heterocycles. The van der Waals surface area contributed by atoms with Crippen molar-refractivity contribution in [2.24, 2.45) is 11.8 Å². The fourth-order valence-electron chi connectivity index (χ4n) is 16.3. The standard InChI is InChI=1S/C84H153N9O34P2/c1-58(98)88-73-79(110)76(107)64(55-95)125-82(73)118-47-21-7-10-29-67(101)85-37-18-4-13-32-70(104)91(40-46-94)42-51-121-128(113,114)123-53-44-93(72(106)34-15-6-20-39-87-69(103)31-12-9-23-49-120-84-75(90-60(3)100)81(112)78(109)66(57-97)127-84)45-54-124-129(115,116)122-52-43-92(41-50-117-63-28-24-27-62(35-36-63)61-25-16-17-26-61)71(105)33-14-5-19-38-86-68(102)30-11-8-22-48-119-83-74(89-59(2)99)80(111)77(108)65(56-96)126-83/h61-66,73-84,94-97,107-112H,4-57H2,1-3H3,(H,85,101)(H,86,102)(H,87,103)(H,88,98)(H,89,99)(H,90,100)(H,113,114)(H,115,116). The highest BCUT2D eigenvalue weighted by Gasteiger charge is 2.48. The van der Waals surface area contributed by atoms with Gasteiger partial charge in [0.15, 0.2) is 18.9 Å². The first-order chi connectivity index (χ1) is 61.8. The molecule has 5 aliphatic rings. The van der Waals surface area contributed by atoms with Crippen molar-refractivity contribution in [2.45, 2.75) is 331 Å². The van der Waals surface area contributed by atoms with E-state index in [9.17, 15) is 113 Å². The van der Waals surface area contributed by atoms with Crippen molar-refractivity contribution >= 4 is 68.8 Å². The van der Waals surface area contributed by atoms with Crippen molar-refractivity contribution in [1.29, 1.82) is 0 Å². The molecule has 5 rings (SSSR count). The number of ether oxygens (including phenoxy) is 7. The van der Waals surface area contributed by atoms with Gasteiger partial charge in [-0.15, -0.1) is 0 Å². The van der Waals surface area contributed by atoms with Crippen LogP contribution in [0.25, 0.3) is 0 Å². The average Bonchev–Trinajstić information content (AvgIpc) is 1.18. The Morgan fingerprint density at radius 3 is 0.946 bits per heavy atom. The summed E-state index contributed by atoms with van der Waals surface area (Å²) in [4.78, 5) is 140. The fourth-order valence-corrected chi connectivity index (χ4v) is 17.7. The predicted octanol–water partition coefficient (Wildman–Crippen LogP) is 0.479. The summed E-state index contributed by atoms with van der Waals surface area (Å²) in [5, 5.41) is 117. The van der Waals surface area contributed by atoms with Crippen LogP contribution in [-0.4, -0.2) is 365 Å². The number of unbranched alkanes of at least 4 members (excludes halogenated alkanes) is 12. The molecule has 18 N–H and O–H groups in total. The van der Waals surface area contributed by atoms with Crippen LogP contribution in [0.15, 0.2) is 0 Å². The highest BCUT2D eigenvalue weighted by atomic mass is 31.2. The highest BCUT2D eigenvalue weighted by molar-refractivity contribution is 7.47. The molecule has 0 aromatic rings. The molecule has 43 nitrogen and oxygen atoms in total. The minimum absolute atomic E-state index is 0.0225. The van der Waals surface area contributed by atoms with Crippen LogP contribution in [0.2, 0.25) is 0 Å². The number of hydrogen-bond donors (Lipinski definition) is 18. The lowest BCUT2D eigenvalue weighted by Gasteiger charge is -2.42. The third-order valence-corrected chi connectivity index (χ3v) is 25.6. The van der Waals surface area contributed by atoms with Crippen LogP contribution in [0, 0.1) is 11.8 Å². The lowest BCUT2D eigenvalue weighted by atomic mass is 9.85. The Labute approximate surface area is 757 Å². The van der Waals surface area contributed by atoms with Gasteiger partial charge >= 0.3 is 15.6 Å². The second-order valence-corrected chi connectivity index (χ2v) is 36.7. The number of hydrogen-bond acceptors (Lipinski definition) is 32. The quantitative estimate of drug-likeness (QED) is 0.0224. The highest BCUT2D eigenvalue weighted by Crippen LogP contribution is 2.45. The lowest BCUT2D eigenvalue weighted by Crippen LogP contribution is -2.64. The van der Waals surface area contributed by atoms with Gasteiger partial charge in [0.1, 0.15) is 73.1 Å². The molecule has 45 heteroatoms. The normalized spacial score (nSPS) is 25.9. The predicted molar refractivity (Wildman–Crippen MR) is 462 cm³/mol. The van der Waals surface area contributed by atoms with E-state index in [1.54, 1.807) is 0 Å². The third kappa shape index (κ3) is 45.8. The summed E-state index contributed by atoms with van der Waals surface area (Å²) in [6, 6.07) is -3.21. The summed E-state index contributed by atoms with van der Waals surface area (Å²) >= 11 is 0. The lowest BCUT2D eigenvalue weighted by molar-refractivity contribution is -0.270. The molecule has 5 fully saturated rings. The second kappa shape index (κ2) is 64.7. The van der Waals surface area contributed by atoms with E-state index in [0.717, 1.165) is 31.6 Å². The number of aliphatic hydroxyl groups excluding tert-OH is 10. The minimum atomic E-state index is -4.88. The maximum atomic E-state index is 13.9. The van der Waals surface area contributed by atoms with Crippen LogP contribution >= 0.6 is 15.6 Å². The topological polar surface area (TPSA) is 614 Å². The second-order valence-electron chi connectivity index (χ2n) is 33.8. The van der Waals surface area contributed by atoms with Crippen molar-refractivity contribution in [3.05, 3.63) is 0 Å². The molecule has 748 valence electrons. The zero-order valence-electron chi connectivity index (χ0n) is 75.7. The summed E-state index contributed by atoms with van der Waals surface area (Å²) in [7, 11) is -9.74. The number of nitrogens with zero attached hydrogens (tertiary/aromatic N) is 3. The van der Waals surface area contributed by atoms with Crippen LogP contribution in [0.3, 0.4) is 0 Å². The van der Waals surface area contributed by atoms with E-state index in [-0.39, 0.29) is 146 Å². The molecule has 0 spiro atoms. The number of rotatable bonds is 68. The summed E-state index contributed by atoms with van der Waals surface area (Å²) in [5.41, 5.74) is 0. The number of carbonyl (C=O) groups excluding carboxylic acids is 9. The molecule has 0 aromatic heterocycles. The summed E-state index contributed by atoms with van der Waals surface area (Å²) in [6.07, 6.45) is 4.91. The number of phosphoric acid groups is 2. The maximum absolute atomic E-state index is 13.9. The number of amides is 9. The molecule has 2 saturated carbocycles. The summed E-state index contributed by atoms with van der Waals surface area (Å²) in [6.45, 7) is 0.233. The van der Waals surface area contributed by atoms with Gasteiger partial charge in [-0.3, -0.25) is 61.2 Å². The van der Waals surface area contributed by atoms with E-state index in [0.29, 0.717) is 135 Å². The molecule has 2 aliphatic carbocycles. The molecule has 9 amide bonds. The zero-order chi connectivity index (χ0) is 94.5. The van der Waals surface area contributed by atoms with Gasteiger partial charge in [0.2, 0.25) is 53.2 Å². The van der Waals surface area contributed by atoms with Crippen molar-refractivity contribution in [2.75, 3.05) is 138 Å². The average molecular weight is 1900 g/mol. The van der Waals surface area contributed by atoms with Crippen LogP contribution < -0.4 is 31.9 Å². The van der Waals surface area contributed by atoms with Gasteiger partial charge in [0.05, 0.1) is 65.6 Å². The van der Waals surface area contributed by atoms with E-state index in [4.69, 9.17) is 51.3 Å². The van der Waals surface area contributed by atoms with Crippen molar-refractivity contribution in [3.8, 4) is 0 Å². The zero-order valence-corrected chi connectivity index (χ0v) is 77.4. The van der Waals surface area contributed by atoms with Gasteiger partial charge in [0, 0.05) is 138 Å². The van der Waals surface area contributed by atoms with Crippen molar-refractivity contribution in [3.63, 3.8) is 0 Å². The molecule has 0 aromatic carbocycles. The molecule has 19 unspecified atom stereocenters. The number of phosphoric ester groups is 2. The van der Waals surface area contributed by atoms with Crippen LogP contribution in [-0.2, 0) is 104 Å². The Morgan fingerprint density at radius 1 is 0.333 bits per heavy atom. The van der Waals surface area contributed by atoms with E-state index in [2.05, 4.69) is 31.9 Å². The SMILES string of the molecule is CC(=O)NC1C(OCCCCCC(=O)NCCCCCC(=O)N(CCO)CCOP(=O)(O)OCCN(CCOP(=O)(O)OCCN(CCOC2CCCC(C3CCCC3)CC2)C(=O)CCCCCNC(=O)CCCCCOC2OC(CO)C(O)C(O)C2NC(C)=O)C(=O)CCCCCNC(=O)CCCCCOC2OC(CO)C(O)C(O)C2NC(C)=O)OC(CO)C(O)C1O. The van der Waals surface area contributed by atoms with Gasteiger partial charge in [-0.25, -0.2) is 9.13 Å². The molecule has 3 heterocycles. The van der Waals surface area contributed by atoms with Crippen molar-refractivity contribution < 1.29 is 164 Å². The van der Waals surface area contributed by atoms with Gasteiger partial charge in [-0.05, 0) is 108 Å². The van der Waals surface area contributed by atoms with E-state index >= 15 is 0 Å². The first kappa shape index (κ1) is 114. The third-order valence-electron chi connectivity index (χ3n) is 23.5. The Bertz CT molecular complexity index is 3310. The first-order valence-corrected chi connectivity index (χ1v) is 49.4. The van der Waals surface area contributed by atoms with Crippen molar-refractivity contribution in [1.82, 2.24) is 46.6 Å².